The number of fused-ring (bicyclic) bond motifs is 9. The Balaban J connectivity index is 1.05. The van der Waals surface area contributed by atoms with Crippen LogP contribution in [0.5, 0.6) is 5.75 Å². The summed E-state index contributed by atoms with van der Waals surface area (Å²) >= 11 is 14.9. The molecule has 3 fully saturated rings. The van der Waals surface area contributed by atoms with Crippen LogP contribution in [0.15, 0.2) is 82.6 Å². The average molecular weight is 679 g/mol. The van der Waals surface area contributed by atoms with E-state index in [1.165, 1.54) is 16.2 Å². The molecule has 8 rings (SSSR count). The van der Waals surface area contributed by atoms with E-state index in [1.807, 2.05) is 24.3 Å². The Hall–Kier alpha value is -3.57. The van der Waals surface area contributed by atoms with E-state index >= 15 is 0 Å². The molecular formula is C33H25Cl2N3O5S2. The largest absolute Gasteiger partial charge is 0.484 e. The summed E-state index contributed by atoms with van der Waals surface area (Å²) in [4.78, 5) is 57.9. The Bertz CT molecular complexity index is 1890. The zero-order valence-corrected chi connectivity index (χ0v) is 26.6. The molecule has 228 valence electrons. The first-order valence-electron chi connectivity index (χ1n) is 14.6. The molecule has 45 heavy (non-hydrogen) atoms. The Labute approximate surface area is 276 Å². The van der Waals surface area contributed by atoms with Gasteiger partial charge < -0.3 is 15.0 Å². The third-order valence-corrected chi connectivity index (χ3v) is 12.6. The van der Waals surface area contributed by atoms with Crippen LogP contribution in [-0.4, -0.2) is 34.6 Å². The van der Waals surface area contributed by atoms with E-state index in [0.29, 0.717) is 27.2 Å². The van der Waals surface area contributed by atoms with Gasteiger partial charge in [0.2, 0.25) is 11.8 Å². The van der Waals surface area contributed by atoms with Gasteiger partial charge in [-0.1, -0.05) is 46.7 Å². The highest BCUT2D eigenvalue weighted by Crippen LogP contribution is 2.68. The van der Waals surface area contributed by atoms with Gasteiger partial charge in [-0.2, -0.15) is 0 Å². The van der Waals surface area contributed by atoms with E-state index in [1.54, 1.807) is 60.3 Å². The first-order valence-corrected chi connectivity index (χ1v) is 17.0. The van der Waals surface area contributed by atoms with Gasteiger partial charge in [0.25, 0.3) is 5.91 Å². The highest BCUT2D eigenvalue weighted by atomic mass is 35.5. The molecule has 2 N–H and O–H groups in total. The Kier molecular flexibility index (Phi) is 7.09. The SMILES string of the molecule is O=C(COc1ccc([C@H]2c3sc(=O)[nH]c3SC3C4CC(C5C(=O)N(c6ccc(Cl)cc6)C(=O)C45)C32)cc1)Nc1ccc(Cl)cc1. The second kappa shape index (κ2) is 11.0. The number of H-pyrrole nitrogens is 1. The van der Waals surface area contributed by atoms with Crippen molar-refractivity contribution in [2.45, 2.75) is 22.6 Å². The van der Waals surface area contributed by atoms with Crippen LogP contribution in [0.2, 0.25) is 10.0 Å². The maximum absolute atomic E-state index is 13.9. The second-order valence-corrected chi connectivity index (χ2v) is 14.9. The van der Waals surface area contributed by atoms with Gasteiger partial charge >= 0.3 is 4.87 Å². The summed E-state index contributed by atoms with van der Waals surface area (Å²) in [6.45, 7) is -0.163. The van der Waals surface area contributed by atoms with Crippen LogP contribution < -0.4 is 19.8 Å². The van der Waals surface area contributed by atoms with Crippen LogP contribution in [0.3, 0.4) is 0 Å². The van der Waals surface area contributed by atoms with Gasteiger partial charge in [0, 0.05) is 31.8 Å². The number of benzene rings is 3. The molecule has 2 aliphatic carbocycles. The molecule has 1 aromatic heterocycles. The van der Waals surface area contributed by atoms with Crippen LogP contribution in [-0.2, 0) is 14.4 Å². The number of amides is 3. The topological polar surface area (TPSA) is 109 Å². The summed E-state index contributed by atoms with van der Waals surface area (Å²) in [7, 11) is 0. The van der Waals surface area contributed by atoms with Crippen molar-refractivity contribution in [3.05, 3.63) is 103 Å². The standard InChI is InChI=1S/C33H25Cl2N3O5S2/c34-16-3-7-18(8-4-16)36-23(39)14-43-20-11-1-15(2-12-20)24-25-21-13-22(28(25)44-30-29(24)45-33(42)37-30)27-26(21)31(40)38(32(27)41)19-9-5-17(35)6-10-19/h1-12,21-22,24-28H,13-14H2,(H,36,39)(H,37,42)/t21?,22?,24-,25?,26?,27?,28?/m1/s1. The van der Waals surface area contributed by atoms with E-state index < -0.39 is 0 Å². The van der Waals surface area contributed by atoms with Gasteiger partial charge in [-0.05, 0) is 90.4 Å². The molecule has 4 aromatic rings. The van der Waals surface area contributed by atoms with Crippen LogP contribution in [0.25, 0.3) is 0 Å². The summed E-state index contributed by atoms with van der Waals surface area (Å²) in [6, 6.07) is 21.3. The number of ether oxygens (including phenoxy) is 1. The molecular weight excluding hydrogens is 653 g/mol. The number of carbonyl (C=O) groups is 3. The fourth-order valence-corrected chi connectivity index (χ4v) is 11.0. The van der Waals surface area contributed by atoms with Crippen molar-refractivity contribution in [3.8, 4) is 5.75 Å². The fraction of sp³-hybridized carbons (Fsp3) is 0.273. The Morgan fingerprint density at radius 3 is 2.22 bits per heavy atom. The highest BCUT2D eigenvalue weighted by molar-refractivity contribution is 8.00. The number of thioether (sulfide) groups is 1. The first-order chi connectivity index (χ1) is 21.8. The lowest BCUT2D eigenvalue weighted by Gasteiger charge is -2.43. The van der Waals surface area contributed by atoms with Crippen molar-refractivity contribution >= 4 is 75.4 Å². The molecule has 4 aliphatic rings. The number of thiazole rings is 1. The van der Waals surface area contributed by atoms with Gasteiger partial charge in [0.05, 0.1) is 22.5 Å². The summed E-state index contributed by atoms with van der Waals surface area (Å²) in [5, 5.41) is 4.85. The lowest BCUT2D eigenvalue weighted by molar-refractivity contribution is -0.123. The predicted octanol–water partition coefficient (Wildman–Crippen LogP) is 6.44. The van der Waals surface area contributed by atoms with Crippen molar-refractivity contribution < 1.29 is 19.1 Å². The number of halogens is 2. The minimum Gasteiger partial charge on any atom is -0.484 e. The van der Waals surface area contributed by atoms with Gasteiger partial charge in [0.1, 0.15) is 5.75 Å². The van der Waals surface area contributed by atoms with Crippen molar-refractivity contribution in [2.24, 2.45) is 29.6 Å². The summed E-state index contributed by atoms with van der Waals surface area (Å²) < 4.78 is 5.77. The Morgan fingerprint density at radius 1 is 0.889 bits per heavy atom. The number of hydrogen-bond donors (Lipinski definition) is 2. The van der Waals surface area contributed by atoms with Gasteiger partial charge in [-0.25, -0.2) is 0 Å². The molecule has 3 amide bonds. The van der Waals surface area contributed by atoms with E-state index in [2.05, 4.69) is 10.3 Å². The van der Waals surface area contributed by atoms with E-state index in [9.17, 15) is 19.2 Å². The maximum Gasteiger partial charge on any atom is 0.305 e. The normalized spacial score (nSPS) is 27.7. The number of imide groups is 1. The van der Waals surface area contributed by atoms with Crippen LogP contribution in [0, 0.1) is 29.6 Å². The monoisotopic (exact) mass is 677 g/mol. The van der Waals surface area contributed by atoms with E-state index in [4.69, 9.17) is 27.9 Å². The zero-order valence-electron chi connectivity index (χ0n) is 23.4. The van der Waals surface area contributed by atoms with Crippen LogP contribution in [0.1, 0.15) is 22.8 Å². The van der Waals surface area contributed by atoms with E-state index in [-0.39, 0.29) is 70.0 Å². The predicted molar refractivity (Wildman–Crippen MR) is 174 cm³/mol. The molecule has 2 bridgehead atoms. The smallest absolute Gasteiger partial charge is 0.305 e. The summed E-state index contributed by atoms with van der Waals surface area (Å²) in [6.07, 6.45) is 0.809. The van der Waals surface area contributed by atoms with Crippen molar-refractivity contribution in [1.29, 1.82) is 0 Å². The third-order valence-electron chi connectivity index (χ3n) is 9.55. The van der Waals surface area contributed by atoms with E-state index in [0.717, 1.165) is 21.9 Å². The second-order valence-electron chi connectivity index (χ2n) is 11.9. The molecule has 7 atom stereocenters. The molecule has 6 unspecified atom stereocenters. The lowest BCUT2D eigenvalue weighted by atomic mass is 9.68. The lowest BCUT2D eigenvalue weighted by Crippen LogP contribution is -2.42. The minimum atomic E-state index is -0.387. The number of aromatic nitrogens is 1. The summed E-state index contributed by atoms with van der Waals surface area (Å²) in [5.74, 6) is -0.778. The number of nitrogens with one attached hydrogen (secondary N) is 2. The maximum atomic E-state index is 13.9. The van der Waals surface area contributed by atoms with Crippen molar-refractivity contribution in [1.82, 2.24) is 4.98 Å². The number of aromatic amines is 1. The van der Waals surface area contributed by atoms with Crippen LogP contribution >= 0.6 is 46.3 Å². The number of anilines is 2. The number of carbonyl (C=O) groups excluding carboxylic acids is 3. The highest BCUT2D eigenvalue weighted by Gasteiger charge is 2.69. The third kappa shape index (κ3) is 4.81. The molecule has 0 radical (unpaired) electrons. The van der Waals surface area contributed by atoms with Crippen molar-refractivity contribution in [2.75, 3.05) is 16.8 Å². The molecule has 3 heterocycles. The van der Waals surface area contributed by atoms with Gasteiger partial charge in [-0.15, -0.1) is 11.8 Å². The average Bonchev–Trinajstić information content (AvgIpc) is 3.77. The van der Waals surface area contributed by atoms with Gasteiger partial charge in [-0.3, -0.25) is 24.1 Å². The number of nitrogens with zero attached hydrogens (tertiary/aromatic N) is 1. The van der Waals surface area contributed by atoms with Crippen LogP contribution in [0.4, 0.5) is 11.4 Å². The molecule has 2 aliphatic heterocycles. The van der Waals surface area contributed by atoms with Gasteiger partial charge in [0.15, 0.2) is 6.61 Å². The number of hydrogen-bond acceptors (Lipinski definition) is 7. The fourth-order valence-electron chi connectivity index (χ4n) is 7.89. The van der Waals surface area contributed by atoms with Crippen molar-refractivity contribution in [3.63, 3.8) is 0 Å². The summed E-state index contributed by atoms with van der Waals surface area (Å²) in [5.41, 5.74) is 2.19. The minimum absolute atomic E-state index is 0.00842. The molecule has 8 nitrogen and oxygen atoms in total. The quantitative estimate of drug-likeness (QED) is 0.228. The first kappa shape index (κ1) is 28.9. The molecule has 1 saturated heterocycles. The molecule has 3 aromatic carbocycles. The molecule has 12 heteroatoms. The number of rotatable bonds is 6. The Morgan fingerprint density at radius 2 is 1.53 bits per heavy atom. The zero-order chi connectivity index (χ0) is 31.0. The molecule has 2 saturated carbocycles. The molecule has 0 spiro atoms.